The summed E-state index contributed by atoms with van der Waals surface area (Å²) in [7, 11) is 0. The molecule has 0 fully saturated rings. The predicted octanol–water partition coefficient (Wildman–Crippen LogP) is 2.25. The largest absolute Gasteiger partial charge is 0.286 e. The van der Waals surface area contributed by atoms with Crippen LogP contribution in [0.1, 0.15) is 26.3 Å². The van der Waals surface area contributed by atoms with Crippen molar-refractivity contribution >= 4 is 0 Å². The van der Waals surface area contributed by atoms with Crippen LogP contribution in [0.3, 0.4) is 0 Å². The van der Waals surface area contributed by atoms with Gasteiger partial charge in [0, 0.05) is 11.6 Å². The molecule has 0 aliphatic carbocycles. The van der Waals surface area contributed by atoms with Crippen LogP contribution in [0.2, 0.25) is 0 Å². The van der Waals surface area contributed by atoms with Crippen LogP contribution in [-0.2, 0) is 5.41 Å². The van der Waals surface area contributed by atoms with Gasteiger partial charge in [0.1, 0.15) is 0 Å². The summed E-state index contributed by atoms with van der Waals surface area (Å²) in [4.78, 5) is 22.0. The van der Waals surface area contributed by atoms with Gasteiger partial charge in [-0.15, -0.1) is 0 Å². The molecule has 0 bridgehead atoms. The Hall–Kier alpha value is -1.70. The second-order valence-electron chi connectivity index (χ2n) is 5.08. The molecule has 0 aliphatic heterocycles. The first-order valence-electron chi connectivity index (χ1n) is 5.31. The molecule has 82 valence electrons. The normalized spacial score (nSPS) is 11.9. The highest BCUT2D eigenvalue weighted by Crippen LogP contribution is 2.24. The van der Waals surface area contributed by atoms with E-state index in [-0.39, 0.29) is 10.8 Å². The lowest BCUT2D eigenvalue weighted by Crippen LogP contribution is -2.30. The van der Waals surface area contributed by atoms with Crippen LogP contribution in [0.5, 0.6) is 0 Å². The third-order valence-electron chi connectivity index (χ3n) is 2.81. The van der Waals surface area contributed by atoms with Crippen LogP contribution in [0, 0.1) is 0 Å². The van der Waals surface area contributed by atoms with Crippen molar-refractivity contribution in [1.29, 1.82) is 0 Å². The minimum atomic E-state index is -0.394. The maximum atomic E-state index is 11.2. The van der Waals surface area contributed by atoms with Gasteiger partial charge in [-0.25, -0.2) is 0 Å². The molecule has 0 aromatic heterocycles. The zero-order valence-corrected chi connectivity index (χ0v) is 9.70. The van der Waals surface area contributed by atoms with E-state index in [1.54, 1.807) is 0 Å². The van der Waals surface area contributed by atoms with Crippen molar-refractivity contribution < 1.29 is 0 Å². The van der Waals surface area contributed by atoms with Crippen LogP contribution in [0.15, 0.2) is 39.9 Å². The molecule has 2 nitrogen and oxygen atoms in total. The topological polar surface area (TPSA) is 34.1 Å². The quantitative estimate of drug-likeness (QED) is 0.682. The van der Waals surface area contributed by atoms with Gasteiger partial charge in [-0.2, -0.15) is 0 Å². The van der Waals surface area contributed by atoms with Gasteiger partial charge < -0.3 is 0 Å². The molecular weight excluding hydrogens is 200 g/mol. The van der Waals surface area contributed by atoms with E-state index < -0.39 is 5.43 Å². The van der Waals surface area contributed by atoms with E-state index in [9.17, 15) is 9.59 Å². The first kappa shape index (κ1) is 10.8. The Balaban J connectivity index is 2.39. The average Bonchev–Trinajstić information content (AvgIpc) is 2.24. The second kappa shape index (κ2) is 3.41. The molecule has 0 radical (unpaired) electrons. The van der Waals surface area contributed by atoms with Crippen molar-refractivity contribution in [3.63, 3.8) is 0 Å². The summed E-state index contributed by atoms with van der Waals surface area (Å²) in [6.45, 7) is 6.41. The Morgan fingerprint density at radius 1 is 0.938 bits per heavy atom. The van der Waals surface area contributed by atoms with Crippen LogP contribution in [0.4, 0.5) is 0 Å². The van der Waals surface area contributed by atoms with Crippen LogP contribution >= 0.6 is 0 Å². The molecular formula is C14H14O2. The third kappa shape index (κ3) is 1.71. The van der Waals surface area contributed by atoms with Gasteiger partial charge in [0.25, 0.3) is 0 Å². The van der Waals surface area contributed by atoms with E-state index in [0.717, 1.165) is 5.56 Å². The number of hydrogen-bond acceptors (Lipinski definition) is 2. The van der Waals surface area contributed by atoms with Crippen LogP contribution in [0.25, 0.3) is 11.1 Å². The Kier molecular flexibility index (Phi) is 2.30. The van der Waals surface area contributed by atoms with E-state index >= 15 is 0 Å². The summed E-state index contributed by atoms with van der Waals surface area (Å²) in [5.41, 5.74) is 1.92. The fraction of sp³-hybridized carbons (Fsp3) is 0.286. The molecule has 0 saturated heterocycles. The van der Waals surface area contributed by atoms with Gasteiger partial charge >= 0.3 is 0 Å². The van der Waals surface area contributed by atoms with Gasteiger partial charge in [-0.05, 0) is 16.5 Å². The molecule has 2 heteroatoms. The van der Waals surface area contributed by atoms with E-state index in [4.69, 9.17) is 0 Å². The first-order chi connectivity index (χ1) is 7.39. The molecule has 0 N–H and O–H groups in total. The first-order valence-corrected chi connectivity index (χ1v) is 5.31. The summed E-state index contributed by atoms with van der Waals surface area (Å²) in [6.07, 6.45) is 0. The Labute approximate surface area is 94.3 Å². The lowest BCUT2D eigenvalue weighted by atomic mass is 9.86. The van der Waals surface area contributed by atoms with Gasteiger partial charge in [0.2, 0.25) is 10.9 Å². The molecule has 16 heavy (non-hydrogen) atoms. The van der Waals surface area contributed by atoms with Crippen molar-refractivity contribution in [2.75, 3.05) is 0 Å². The standard InChI is InChI=1S/C14H14O2/c1-14(2,3)10-6-4-9(5-7-10)11-8-12(15)13(11)16/h4-8H,1-3H3. The van der Waals surface area contributed by atoms with Crippen molar-refractivity contribution in [3.8, 4) is 11.1 Å². The highest BCUT2D eigenvalue weighted by atomic mass is 16.2. The average molecular weight is 214 g/mol. The van der Waals surface area contributed by atoms with E-state index in [1.807, 2.05) is 24.3 Å². The van der Waals surface area contributed by atoms with E-state index in [2.05, 4.69) is 20.8 Å². The Morgan fingerprint density at radius 2 is 1.50 bits per heavy atom. The maximum absolute atomic E-state index is 11.2. The fourth-order valence-corrected chi connectivity index (χ4v) is 1.68. The highest BCUT2D eigenvalue weighted by molar-refractivity contribution is 5.65. The van der Waals surface area contributed by atoms with Gasteiger partial charge in [-0.3, -0.25) is 9.59 Å². The Bertz CT molecular complexity index is 576. The molecule has 0 aliphatic rings. The van der Waals surface area contributed by atoms with Crippen molar-refractivity contribution in [2.45, 2.75) is 26.2 Å². The molecule has 2 aromatic rings. The summed E-state index contributed by atoms with van der Waals surface area (Å²) >= 11 is 0. The van der Waals surface area contributed by atoms with Crippen LogP contribution < -0.4 is 10.9 Å². The minimum Gasteiger partial charge on any atom is -0.286 e. The smallest absolute Gasteiger partial charge is 0.233 e. The Morgan fingerprint density at radius 3 is 1.88 bits per heavy atom. The van der Waals surface area contributed by atoms with Gasteiger partial charge in [0.05, 0.1) is 0 Å². The van der Waals surface area contributed by atoms with Crippen LogP contribution in [-0.4, -0.2) is 0 Å². The van der Waals surface area contributed by atoms with Crippen molar-refractivity contribution in [1.82, 2.24) is 0 Å². The zero-order chi connectivity index (χ0) is 11.9. The second-order valence-corrected chi connectivity index (χ2v) is 5.08. The zero-order valence-electron chi connectivity index (χ0n) is 9.70. The maximum Gasteiger partial charge on any atom is 0.233 e. The lowest BCUT2D eigenvalue weighted by Gasteiger charge is -2.19. The van der Waals surface area contributed by atoms with E-state index in [1.165, 1.54) is 11.6 Å². The SMILES string of the molecule is CC(C)(C)c1ccc(-c2cc(=O)c2=O)cc1. The number of rotatable bonds is 1. The number of hydrogen-bond donors (Lipinski definition) is 0. The molecule has 0 spiro atoms. The summed E-state index contributed by atoms with van der Waals surface area (Å²) in [5.74, 6) is 0. The summed E-state index contributed by atoms with van der Waals surface area (Å²) in [6, 6.07) is 9.21. The molecule has 2 aromatic carbocycles. The molecule has 0 amide bonds. The third-order valence-corrected chi connectivity index (χ3v) is 2.81. The lowest BCUT2D eigenvalue weighted by molar-refractivity contribution is 0.590. The molecule has 0 atom stereocenters. The molecule has 0 heterocycles. The molecule has 2 rings (SSSR count). The van der Waals surface area contributed by atoms with Crippen molar-refractivity contribution in [2.24, 2.45) is 0 Å². The minimum absolute atomic E-state index is 0.104. The number of benzene rings is 1. The van der Waals surface area contributed by atoms with Gasteiger partial charge in [-0.1, -0.05) is 45.0 Å². The fourth-order valence-electron chi connectivity index (χ4n) is 1.68. The monoisotopic (exact) mass is 214 g/mol. The molecule has 0 saturated carbocycles. The predicted molar refractivity (Wildman–Crippen MR) is 65.5 cm³/mol. The summed E-state index contributed by atoms with van der Waals surface area (Å²) in [5, 5.41) is 0. The highest BCUT2D eigenvalue weighted by Gasteiger charge is 2.15. The van der Waals surface area contributed by atoms with Crippen molar-refractivity contribution in [3.05, 3.63) is 56.3 Å². The summed E-state index contributed by atoms with van der Waals surface area (Å²) < 4.78 is 0. The molecule has 0 unspecified atom stereocenters. The van der Waals surface area contributed by atoms with E-state index in [0.29, 0.717) is 5.56 Å². The van der Waals surface area contributed by atoms with Gasteiger partial charge in [0.15, 0.2) is 0 Å².